The molecule has 3 rings (SSSR count). The number of hydrogen-bond acceptors (Lipinski definition) is 4. The van der Waals surface area contributed by atoms with Crippen LogP contribution in [0.15, 0.2) is 36.4 Å². The molecule has 1 heterocycles. The van der Waals surface area contributed by atoms with Crippen molar-refractivity contribution in [1.82, 2.24) is 10.2 Å². The summed E-state index contributed by atoms with van der Waals surface area (Å²) in [5.74, 6) is 1.01. The number of rotatable bonds is 7. The molecule has 0 bridgehead atoms. The quantitative estimate of drug-likeness (QED) is 0.608. The molecule has 0 saturated carbocycles. The summed E-state index contributed by atoms with van der Waals surface area (Å²) in [6.45, 7) is 7.84. The van der Waals surface area contributed by atoms with Crippen molar-refractivity contribution < 1.29 is 19.1 Å². The summed E-state index contributed by atoms with van der Waals surface area (Å²) in [6, 6.07) is 10.1. The number of carbonyl (C=O) groups is 2. The molecule has 6 nitrogen and oxygen atoms in total. The van der Waals surface area contributed by atoms with Gasteiger partial charge in [-0.3, -0.25) is 9.59 Å². The Hall–Kier alpha value is -2.44. The van der Waals surface area contributed by atoms with E-state index in [0.29, 0.717) is 28.0 Å². The molecule has 172 valence electrons. The van der Waals surface area contributed by atoms with Crippen molar-refractivity contribution in [3.05, 3.63) is 57.6 Å². The Morgan fingerprint density at radius 1 is 1.09 bits per heavy atom. The smallest absolute Gasteiger partial charge is 0.242 e. The van der Waals surface area contributed by atoms with E-state index in [2.05, 4.69) is 5.32 Å². The van der Waals surface area contributed by atoms with Crippen LogP contribution in [0.3, 0.4) is 0 Å². The van der Waals surface area contributed by atoms with E-state index in [9.17, 15) is 9.59 Å². The first-order valence-electron chi connectivity index (χ1n) is 10.5. The van der Waals surface area contributed by atoms with Crippen molar-refractivity contribution >= 4 is 35.0 Å². The van der Waals surface area contributed by atoms with Crippen molar-refractivity contribution in [2.75, 3.05) is 6.79 Å². The van der Waals surface area contributed by atoms with E-state index in [1.54, 1.807) is 30.0 Å². The molecule has 2 aromatic rings. The van der Waals surface area contributed by atoms with Gasteiger partial charge in [0.25, 0.3) is 0 Å². The summed E-state index contributed by atoms with van der Waals surface area (Å²) >= 11 is 12.4. The average molecular weight is 479 g/mol. The molecule has 2 amide bonds. The third-order valence-electron chi connectivity index (χ3n) is 5.09. The standard InChI is InChI=1S/C24H28Cl2N2O4/c1-15(23(30)27-24(2,3)4)28(13-17-7-8-18(25)12-19(17)26)22(29)10-6-16-5-9-20-21(11-16)32-14-31-20/h5,7-9,11-12,15H,6,10,13-14H2,1-4H3,(H,27,30). The normalized spacial score (nSPS) is 13.6. The van der Waals surface area contributed by atoms with Crippen molar-refractivity contribution in [2.24, 2.45) is 0 Å². The molecule has 1 atom stereocenters. The highest BCUT2D eigenvalue weighted by Gasteiger charge is 2.28. The highest BCUT2D eigenvalue weighted by molar-refractivity contribution is 6.35. The summed E-state index contributed by atoms with van der Waals surface area (Å²) in [5, 5.41) is 3.91. The number of nitrogens with one attached hydrogen (secondary N) is 1. The second-order valence-corrected chi connectivity index (χ2v) is 9.70. The number of amides is 2. The zero-order valence-corrected chi connectivity index (χ0v) is 20.2. The van der Waals surface area contributed by atoms with E-state index >= 15 is 0 Å². The van der Waals surface area contributed by atoms with Crippen molar-refractivity contribution in [3.63, 3.8) is 0 Å². The van der Waals surface area contributed by atoms with Crippen LogP contribution in [0, 0.1) is 0 Å². The Morgan fingerprint density at radius 3 is 2.50 bits per heavy atom. The Morgan fingerprint density at radius 2 is 1.81 bits per heavy atom. The Bertz CT molecular complexity index is 1000. The molecule has 0 spiro atoms. The van der Waals surface area contributed by atoms with Gasteiger partial charge in [-0.05, 0) is 69.5 Å². The van der Waals surface area contributed by atoms with Gasteiger partial charge >= 0.3 is 0 Å². The molecule has 32 heavy (non-hydrogen) atoms. The fourth-order valence-electron chi connectivity index (χ4n) is 3.38. The summed E-state index contributed by atoms with van der Waals surface area (Å²) in [7, 11) is 0. The number of nitrogens with zero attached hydrogens (tertiary/aromatic N) is 1. The fraction of sp³-hybridized carbons (Fsp3) is 0.417. The maximum atomic E-state index is 13.3. The van der Waals surface area contributed by atoms with Gasteiger partial charge in [0.2, 0.25) is 18.6 Å². The first-order valence-corrected chi connectivity index (χ1v) is 11.2. The molecule has 0 aromatic heterocycles. The van der Waals surface area contributed by atoms with Gasteiger partial charge in [0, 0.05) is 28.5 Å². The summed E-state index contributed by atoms with van der Waals surface area (Å²) in [5.41, 5.74) is 1.27. The van der Waals surface area contributed by atoms with Crippen molar-refractivity contribution in [2.45, 2.75) is 58.7 Å². The molecule has 1 aliphatic heterocycles. The summed E-state index contributed by atoms with van der Waals surface area (Å²) in [4.78, 5) is 27.7. The lowest BCUT2D eigenvalue weighted by Gasteiger charge is -2.31. The lowest BCUT2D eigenvalue weighted by Crippen LogP contribution is -2.52. The largest absolute Gasteiger partial charge is 0.454 e. The minimum absolute atomic E-state index is 0.148. The van der Waals surface area contributed by atoms with E-state index in [1.165, 1.54) is 0 Å². The van der Waals surface area contributed by atoms with E-state index in [1.807, 2.05) is 39.0 Å². The SMILES string of the molecule is CC(C(=O)NC(C)(C)C)N(Cc1ccc(Cl)cc1Cl)C(=O)CCc1ccc2c(c1)OCO2. The maximum Gasteiger partial charge on any atom is 0.242 e. The zero-order chi connectivity index (χ0) is 23.5. The van der Waals surface area contributed by atoms with Gasteiger partial charge in [0.05, 0.1) is 0 Å². The average Bonchev–Trinajstić information content (AvgIpc) is 3.17. The molecule has 8 heteroatoms. The minimum atomic E-state index is -0.676. The van der Waals surface area contributed by atoms with E-state index in [-0.39, 0.29) is 31.6 Å². The minimum Gasteiger partial charge on any atom is -0.454 e. The topological polar surface area (TPSA) is 67.9 Å². The van der Waals surface area contributed by atoms with Gasteiger partial charge in [-0.1, -0.05) is 35.3 Å². The number of fused-ring (bicyclic) bond motifs is 1. The summed E-state index contributed by atoms with van der Waals surface area (Å²) in [6.07, 6.45) is 0.742. The van der Waals surface area contributed by atoms with Crippen LogP contribution in [-0.4, -0.2) is 35.1 Å². The van der Waals surface area contributed by atoms with Gasteiger partial charge in [-0.15, -0.1) is 0 Å². The summed E-state index contributed by atoms with van der Waals surface area (Å²) < 4.78 is 10.8. The van der Waals surface area contributed by atoms with Gasteiger partial charge in [-0.2, -0.15) is 0 Å². The van der Waals surface area contributed by atoms with Crippen LogP contribution in [0.5, 0.6) is 11.5 Å². The monoisotopic (exact) mass is 478 g/mol. The predicted octanol–water partition coefficient (Wildman–Crippen LogP) is 4.99. The zero-order valence-electron chi connectivity index (χ0n) is 18.7. The van der Waals surface area contributed by atoms with Crippen LogP contribution in [0.25, 0.3) is 0 Å². The van der Waals surface area contributed by atoms with E-state index < -0.39 is 11.6 Å². The number of carbonyl (C=O) groups excluding carboxylic acids is 2. The second kappa shape index (κ2) is 10.0. The maximum absolute atomic E-state index is 13.3. The van der Waals surface area contributed by atoms with Crippen LogP contribution < -0.4 is 14.8 Å². The third kappa shape index (κ3) is 6.30. The third-order valence-corrected chi connectivity index (χ3v) is 5.67. The van der Waals surface area contributed by atoms with Crippen LogP contribution in [0.2, 0.25) is 10.0 Å². The Kier molecular flexibility index (Phi) is 7.57. The number of benzene rings is 2. The van der Waals surface area contributed by atoms with E-state index in [4.69, 9.17) is 32.7 Å². The molecule has 0 aliphatic carbocycles. The lowest BCUT2D eigenvalue weighted by molar-refractivity contribution is -0.141. The van der Waals surface area contributed by atoms with Gasteiger partial charge in [-0.25, -0.2) is 0 Å². The Labute approximate surface area is 198 Å². The first kappa shape index (κ1) is 24.2. The number of aryl methyl sites for hydroxylation is 1. The number of hydrogen-bond donors (Lipinski definition) is 1. The first-order chi connectivity index (χ1) is 15.0. The van der Waals surface area contributed by atoms with Gasteiger partial charge in [0.1, 0.15) is 6.04 Å². The van der Waals surface area contributed by atoms with Gasteiger partial charge < -0.3 is 19.7 Å². The second-order valence-electron chi connectivity index (χ2n) is 8.86. The van der Waals surface area contributed by atoms with Crippen LogP contribution in [-0.2, 0) is 22.6 Å². The van der Waals surface area contributed by atoms with Crippen molar-refractivity contribution in [3.8, 4) is 11.5 Å². The molecule has 0 fully saturated rings. The van der Waals surface area contributed by atoms with Crippen molar-refractivity contribution in [1.29, 1.82) is 0 Å². The van der Waals surface area contributed by atoms with Crippen LogP contribution in [0.4, 0.5) is 0 Å². The fourth-order valence-corrected chi connectivity index (χ4v) is 3.85. The number of ether oxygens (including phenoxy) is 2. The predicted molar refractivity (Wildman–Crippen MR) is 125 cm³/mol. The number of halogens is 2. The molecule has 0 radical (unpaired) electrons. The van der Waals surface area contributed by atoms with Gasteiger partial charge in [0.15, 0.2) is 11.5 Å². The lowest BCUT2D eigenvalue weighted by atomic mass is 10.1. The highest BCUT2D eigenvalue weighted by Crippen LogP contribution is 2.33. The molecule has 0 saturated heterocycles. The Balaban J connectivity index is 1.76. The molecule has 2 aromatic carbocycles. The van der Waals surface area contributed by atoms with E-state index in [0.717, 1.165) is 11.1 Å². The highest BCUT2D eigenvalue weighted by atomic mass is 35.5. The molecule has 1 N–H and O–H groups in total. The molecular weight excluding hydrogens is 451 g/mol. The molecular formula is C24H28Cl2N2O4. The van der Waals surface area contributed by atoms with Crippen LogP contribution in [0.1, 0.15) is 45.2 Å². The molecule has 1 unspecified atom stereocenters. The van der Waals surface area contributed by atoms with Crippen LogP contribution >= 0.6 is 23.2 Å². The molecule has 1 aliphatic rings.